The number of nitrogens with zero attached hydrogens (tertiary/aromatic N) is 1. The van der Waals surface area contributed by atoms with Crippen LogP contribution >= 0.6 is 34.3 Å². The van der Waals surface area contributed by atoms with Crippen molar-refractivity contribution in [3.8, 4) is 0 Å². The molecule has 122 valence electrons. The van der Waals surface area contributed by atoms with Crippen molar-refractivity contribution in [1.29, 1.82) is 0 Å². The Kier molecular flexibility index (Phi) is 5.24. The van der Waals surface area contributed by atoms with Gasteiger partial charge in [-0.05, 0) is 29.6 Å². The fraction of sp³-hybridized carbons (Fsp3) is 0.0625. The van der Waals surface area contributed by atoms with Crippen LogP contribution in [0.5, 0.6) is 0 Å². The highest BCUT2D eigenvalue weighted by Crippen LogP contribution is 2.19. The van der Waals surface area contributed by atoms with Crippen molar-refractivity contribution in [2.24, 2.45) is 0 Å². The molecular weight excluding hydrogens is 366 g/mol. The summed E-state index contributed by atoms with van der Waals surface area (Å²) in [5, 5.41) is 10.1. The van der Waals surface area contributed by atoms with Gasteiger partial charge in [-0.2, -0.15) is 0 Å². The maximum Gasteiger partial charge on any atom is 0.267 e. The molecule has 0 atom stereocenters. The Morgan fingerprint density at radius 2 is 2.00 bits per heavy atom. The quantitative estimate of drug-likeness (QED) is 0.696. The summed E-state index contributed by atoms with van der Waals surface area (Å²) in [6.45, 7) is 0. The molecule has 0 aliphatic heterocycles. The molecule has 2 heterocycles. The van der Waals surface area contributed by atoms with Crippen LogP contribution in [0.1, 0.15) is 15.4 Å². The number of aromatic nitrogens is 1. The van der Waals surface area contributed by atoms with Gasteiger partial charge in [-0.1, -0.05) is 23.7 Å². The van der Waals surface area contributed by atoms with E-state index < -0.39 is 0 Å². The molecule has 5 nitrogen and oxygen atoms in total. The molecule has 0 spiro atoms. The minimum atomic E-state index is -0.200. The number of amides is 2. The number of carbonyl (C=O) groups is 2. The number of hydrogen-bond donors (Lipinski definition) is 2. The lowest BCUT2D eigenvalue weighted by Gasteiger charge is -2.04. The summed E-state index contributed by atoms with van der Waals surface area (Å²) >= 11 is 8.53. The summed E-state index contributed by atoms with van der Waals surface area (Å²) in [4.78, 5) is 28.9. The lowest BCUT2D eigenvalue weighted by molar-refractivity contribution is -0.115. The Labute approximate surface area is 151 Å². The van der Waals surface area contributed by atoms with Gasteiger partial charge in [-0.15, -0.1) is 22.7 Å². The van der Waals surface area contributed by atoms with E-state index in [1.165, 1.54) is 22.7 Å². The molecule has 0 aliphatic carbocycles. The van der Waals surface area contributed by atoms with Gasteiger partial charge in [0, 0.05) is 16.1 Å². The van der Waals surface area contributed by atoms with Crippen LogP contribution in [0.4, 0.5) is 10.8 Å². The molecule has 3 aromatic rings. The van der Waals surface area contributed by atoms with E-state index in [4.69, 9.17) is 11.6 Å². The second-order valence-corrected chi connectivity index (χ2v) is 7.05. The molecule has 2 N–H and O–H groups in total. The van der Waals surface area contributed by atoms with Crippen LogP contribution in [0, 0.1) is 0 Å². The molecule has 0 saturated heterocycles. The molecule has 0 saturated carbocycles. The third-order valence-electron chi connectivity index (χ3n) is 2.97. The van der Waals surface area contributed by atoms with Crippen molar-refractivity contribution < 1.29 is 9.59 Å². The second kappa shape index (κ2) is 7.57. The molecule has 0 radical (unpaired) electrons. The molecule has 3 rings (SSSR count). The van der Waals surface area contributed by atoms with Crippen LogP contribution in [0.3, 0.4) is 0 Å². The zero-order chi connectivity index (χ0) is 16.9. The summed E-state index contributed by atoms with van der Waals surface area (Å²) in [5.74, 6) is -0.395. The first-order chi connectivity index (χ1) is 11.6. The van der Waals surface area contributed by atoms with E-state index in [2.05, 4.69) is 15.6 Å². The Morgan fingerprint density at radius 3 is 2.75 bits per heavy atom. The number of carbonyl (C=O) groups excluding carboxylic acids is 2. The smallest absolute Gasteiger partial charge is 0.267 e. The number of benzene rings is 1. The molecule has 2 aromatic heterocycles. The second-order valence-electron chi connectivity index (χ2n) is 4.81. The highest BCUT2D eigenvalue weighted by atomic mass is 35.5. The predicted octanol–water partition coefficient (Wildman–Crippen LogP) is 4.29. The normalized spacial score (nSPS) is 10.4. The minimum absolute atomic E-state index is 0.123. The molecule has 1 aromatic carbocycles. The predicted molar refractivity (Wildman–Crippen MR) is 98.2 cm³/mol. The van der Waals surface area contributed by atoms with Crippen LogP contribution in [-0.4, -0.2) is 16.8 Å². The van der Waals surface area contributed by atoms with E-state index in [1.54, 1.807) is 35.7 Å². The monoisotopic (exact) mass is 377 g/mol. The fourth-order valence-electron chi connectivity index (χ4n) is 1.95. The van der Waals surface area contributed by atoms with Gasteiger partial charge < -0.3 is 5.32 Å². The average molecular weight is 378 g/mol. The minimum Gasteiger partial charge on any atom is -0.326 e. The summed E-state index contributed by atoms with van der Waals surface area (Å²) in [6, 6.07) is 10.5. The van der Waals surface area contributed by atoms with E-state index in [1.807, 2.05) is 11.4 Å². The lowest BCUT2D eigenvalue weighted by atomic mass is 10.3. The van der Waals surface area contributed by atoms with Gasteiger partial charge in [0.1, 0.15) is 0 Å². The maximum absolute atomic E-state index is 12.0. The Balaban J connectivity index is 1.57. The summed E-state index contributed by atoms with van der Waals surface area (Å²) in [6.07, 6.45) is 0.123. The van der Waals surface area contributed by atoms with E-state index in [-0.39, 0.29) is 18.2 Å². The lowest BCUT2D eigenvalue weighted by Crippen LogP contribution is -2.15. The van der Waals surface area contributed by atoms with Gasteiger partial charge in [0.15, 0.2) is 5.13 Å². The Hall–Kier alpha value is -2.22. The van der Waals surface area contributed by atoms with Gasteiger partial charge in [0.05, 0.1) is 17.0 Å². The number of hydrogen-bond acceptors (Lipinski definition) is 5. The molecule has 24 heavy (non-hydrogen) atoms. The Bertz CT molecular complexity index is 862. The highest BCUT2D eigenvalue weighted by Gasteiger charge is 2.12. The van der Waals surface area contributed by atoms with Gasteiger partial charge in [0.2, 0.25) is 5.91 Å². The molecule has 0 bridgehead atoms. The SMILES string of the molecule is O=C(Cc1csc(NC(=O)c2cccs2)n1)Nc1cccc(Cl)c1. The summed E-state index contributed by atoms with van der Waals surface area (Å²) in [5.41, 5.74) is 1.23. The largest absolute Gasteiger partial charge is 0.326 e. The molecule has 0 aliphatic rings. The van der Waals surface area contributed by atoms with Crippen LogP contribution in [0.2, 0.25) is 5.02 Å². The van der Waals surface area contributed by atoms with Crippen molar-refractivity contribution in [2.45, 2.75) is 6.42 Å². The van der Waals surface area contributed by atoms with Crippen LogP contribution in [0.25, 0.3) is 0 Å². The first-order valence-corrected chi connectivity index (χ1v) is 9.08. The fourth-order valence-corrected chi connectivity index (χ4v) is 3.46. The molecule has 8 heteroatoms. The molecule has 0 fully saturated rings. The van der Waals surface area contributed by atoms with Crippen molar-refractivity contribution >= 4 is 56.9 Å². The van der Waals surface area contributed by atoms with Crippen molar-refractivity contribution in [1.82, 2.24) is 4.98 Å². The number of thiophene rings is 1. The Morgan fingerprint density at radius 1 is 1.12 bits per heavy atom. The average Bonchev–Trinajstić information content (AvgIpc) is 3.19. The topological polar surface area (TPSA) is 71.1 Å². The third kappa shape index (κ3) is 4.41. The summed E-state index contributed by atoms with van der Waals surface area (Å²) in [7, 11) is 0. The zero-order valence-electron chi connectivity index (χ0n) is 12.3. The maximum atomic E-state index is 12.0. The van der Waals surface area contributed by atoms with Crippen molar-refractivity contribution in [3.63, 3.8) is 0 Å². The molecule has 0 unspecified atom stereocenters. The number of thiazole rings is 1. The van der Waals surface area contributed by atoms with Crippen LogP contribution < -0.4 is 10.6 Å². The standard InChI is InChI=1S/C16H12ClN3O2S2/c17-10-3-1-4-11(7-10)18-14(21)8-12-9-24-16(19-12)20-15(22)13-5-2-6-23-13/h1-7,9H,8H2,(H,18,21)(H,19,20,22). The van der Waals surface area contributed by atoms with Gasteiger partial charge in [-0.3, -0.25) is 14.9 Å². The zero-order valence-corrected chi connectivity index (χ0v) is 14.7. The molecular formula is C16H12ClN3O2S2. The summed E-state index contributed by atoms with van der Waals surface area (Å²) < 4.78 is 0. The van der Waals surface area contributed by atoms with Crippen LogP contribution in [-0.2, 0) is 11.2 Å². The number of anilines is 2. The van der Waals surface area contributed by atoms with Gasteiger partial charge in [-0.25, -0.2) is 4.98 Å². The van der Waals surface area contributed by atoms with E-state index in [0.29, 0.717) is 26.4 Å². The number of rotatable bonds is 5. The van der Waals surface area contributed by atoms with Crippen LogP contribution in [0.15, 0.2) is 47.2 Å². The number of nitrogens with one attached hydrogen (secondary N) is 2. The molecule has 2 amide bonds. The van der Waals surface area contributed by atoms with Crippen molar-refractivity contribution in [3.05, 3.63) is 62.8 Å². The van der Waals surface area contributed by atoms with Gasteiger partial charge in [0.25, 0.3) is 5.91 Å². The van der Waals surface area contributed by atoms with E-state index in [0.717, 1.165) is 0 Å². The van der Waals surface area contributed by atoms with E-state index >= 15 is 0 Å². The number of halogens is 1. The first-order valence-electron chi connectivity index (χ1n) is 6.95. The van der Waals surface area contributed by atoms with E-state index in [9.17, 15) is 9.59 Å². The third-order valence-corrected chi connectivity index (χ3v) is 4.88. The highest BCUT2D eigenvalue weighted by molar-refractivity contribution is 7.14. The first kappa shape index (κ1) is 16.6. The van der Waals surface area contributed by atoms with Gasteiger partial charge >= 0.3 is 0 Å². The van der Waals surface area contributed by atoms with Crippen molar-refractivity contribution in [2.75, 3.05) is 10.6 Å².